The zero-order chi connectivity index (χ0) is 10.5. The van der Waals surface area contributed by atoms with E-state index in [9.17, 15) is 0 Å². The van der Waals surface area contributed by atoms with E-state index >= 15 is 0 Å². The topological polar surface area (TPSA) is 27.3 Å². The summed E-state index contributed by atoms with van der Waals surface area (Å²) in [5.74, 6) is 0.848. The third kappa shape index (κ3) is 3.59. The van der Waals surface area contributed by atoms with Crippen LogP contribution in [0.4, 0.5) is 0 Å². The van der Waals surface area contributed by atoms with Gasteiger partial charge in [0.25, 0.3) is 0 Å². The second-order valence-corrected chi connectivity index (χ2v) is 4.84. The predicted molar refractivity (Wildman–Crippen MR) is 64.0 cm³/mol. The normalized spacial score (nSPS) is 28.1. The Morgan fingerprint density at radius 2 is 2.00 bits per heavy atom. The van der Waals surface area contributed by atoms with Gasteiger partial charge in [-0.3, -0.25) is 4.90 Å². The summed E-state index contributed by atoms with van der Waals surface area (Å²) in [6, 6.07) is 0. The molecule has 2 saturated heterocycles. The Kier molecular flexibility index (Phi) is 4.18. The first-order valence-electron chi connectivity index (χ1n) is 6.15. The fourth-order valence-electron chi connectivity index (χ4n) is 2.55. The lowest BCUT2D eigenvalue weighted by Crippen LogP contribution is -2.44. The van der Waals surface area contributed by atoms with Crippen molar-refractivity contribution < 1.29 is 0 Å². The fraction of sp³-hybridized carbons (Fsp3) is 0.833. The first-order chi connectivity index (χ1) is 7.34. The molecule has 3 heteroatoms. The van der Waals surface area contributed by atoms with E-state index in [1.807, 2.05) is 0 Å². The zero-order valence-electron chi connectivity index (χ0n) is 9.60. The maximum Gasteiger partial charge on any atom is 0.0191 e. The summed E-state index contributed by atoms with van der Waals surface area (Å²) >= 11 is 0. The van der Waals surface area contributed by atoms with Crippen molar-refractivity contribution in [3.8, 4) is 0 Å². The molecule has 0 bridgehead atoms. The van der Waals surface area contributed by atoms with Crippen LogP contribution in [0.1, 0.15) is 12.8 Å². The average molecular weight is 209 g/mol. The Hall–Kier alpha value is -0.380. The smallest absolute Gasteiger partial charge is 0.0191 e. The Labute approximate surface area is 92.9 Å². The molecule has 86 valence electrons. The Bertz CT molecular complexity index is 203. The average Bonchev–Trinajstić information content (AvgIpc) is 2.71. The van der Waals surface area contributed by atoms with Crippen LogP contribution in [0.3, 0.4) is 0 Å². The largest absolute Gasteiger partial charge is 0.316 e. The molecular weight excluding hydrogens is 186 g/mol. The highest BCUT2D eigenvalue weighted by Crippen LogP contribution is 2.17. The molecule has 1 atom stereocenters. The van der Waals surface area contributed by atoms with Crippen LogP contribution in [0.5, 0.6) is 0 Å². The molecule has 0 aromatic heterocycles. The lowest BCUT2D eigenvalue weighted by atomic mass is 9.99. The van der Waals surface area contributed by atoms with Crippen molar-refractivity contribution in [3.63, 3.8) is 0 Å². The van der Waals surface area contributed by atoms with Crippen LogP contribution in [-0.4, -0.2) is 50.7 Å². The van der Waals surface area contributed by atoms with Crippen molar-refractivity contribution in [1.29, 1.82) is 0 Å². The molecule has 0 spiro atoms. The number of nitrogens with zero attached hydrogens (tertiary/aromatic N) is 1. The molecule has 2 N–H and O–H groups in total. The molecule has 0 aromatic carbocycles. The van der Waals surface area contributed by atoms with Gasteiger partial charge in [-0.1, -0.05) is 12.2 Å². The van der Waals surface area contributed by atoms with Gasteiger partial charge in [0.15, 0.2) is 0 Å². The van der Waals surface area contributed by atoms with Gasteiger partial charge in [-0.25, -0.2) is 0 Å². The van der Waals surface area contributed by atoms with E-state index in [0.717, 1.165) is 25.6 Å². The third-order valence-electron chi connectivity index (χ3n) is 3.40. The molecule has 2 rings (SSSR count). The maximum atomic E-state index is 4.22. The van der Waals surface area contributed by atoms with Crippen molar-refractivity contribution in [2.24, 2.45) is 5.92 Å². The van der Waals surface area contributed by atoms with Crippen molar-refractivity contribution in [1.82, 2.24) is 15.5 Å². The first kappa shape index (κ1) is 11.1. The first-order valence-corrected chi connectivity index (χ1v) is 6.15. The van der Waals surface area contributed by atoms with Crippen LogP contribution in [0, 0.1) is 5.92 Å². The molecule has 15 heavy (non-hydrogen) atoms. The van der Waals surface area contributed by atoms with E-state index in [0.29, 0.717) is 0 Å². The second-order valence-electron chi connectivity index (χ2n) is 4.84. The highest BCUT2D eigenvalue weighted by molar-refractivity contribution is 5.00. The Morgan fingerprint density at radius 3 is 2.67 bits per heavy atom. The molecular formula is C12H23N3. The van der Waals surface area contributed by atoms with Gasteiger partial charge < -0.3 is 10.6 Å². The summed E-state index contributed by atoms with van der Waals surface area (Å²) in [5.41, 5.74) is 1.42. The minimum atomic E-state index is 0.848. The fourth-order valence-corrected chi connectivity index (χ4v) is 2.55. The second kappa shape index (κ2) is 5.64. The Balaban J connectivity index is 1.66. The number of nitrogens with one attached hydrogen (secondary N) is 2. The summed E-state index contributed by atoms with van der Waals surface area (Å²) in [4.78, 5) is 2.52. The van der Waals surface area contributed by atoms with Gasteiger partial charge in [0.2, 0.25) is 0 Å². The van der Waals surface area contributed by atoms with E-state index in [1.54, 1.807) is 0 Å². The summed E-state index contributed by atoms with van der Waals surface area (Å²) < 4.78 is 0. The molecule has 0 radical (unpaired) electrons. The number of rotatable bonds is 4. The van der Waals surface area contributed by atoms with E-state index in [4.69, 9.17) is 0 Å². The number of hydrogen-bond acceptors (Lipinski definition) is 3. The summed E-state index contributed by atoms with van der Waals surface area (Å²) in [6.07, 6.45) is 2.55. The van der Waals surface area contributed by atoms with Crippen LogP contribution in [0.2, 0.25) is 0 Å². The SMILES string of the molecule is C=C(CC1CCNC1)CN1CCNCC1. The molecule has 0 aliphatic carbocycles. The lowest BCUT2D eigenvalue weighted by molar-refractivity contribution is 0.256. The van der Waals surface area contributed by atoms with Crippen LogP contribution < -0.4 is 10.6 Å². The molecule has 2 aliphatic heterocycles. The van der Waals surface area contributed by atoms with Gasteiger partial charge in [-0.15, -0.1) is 0 Å². The van der Waals surface area contributed by atoms with E-state index in [1.165, 1.54) is 44.6 Å². The minimum absolute atomic E-state index is 0.848. The standard InChI is InChI=1S/C12H23N3/c1-11(8-12-2-3-14-9-12)10-15-6-4-13-5-7-15/h12-14H,1-10H2. The van der Waals surface area contributed by atoms with Crippen molar-refractivity contribution in [3.05, 3.63) is 12.2 Å². The summed E-state index contributed by atoms with van der Waals surface area (Å²) in [6.45, 7) is 12.4. The van der Waals surface area contributed by atoms with E-state index < -0.39 is 0 Å². The van der Waals surface area contributed by atoms with Gasteiger partial charge >= 0.3 is 0 Å². The van der Waals surface area contributed by atoms with Gasteiger partial charge in [-0.05, 0) is 31.8 Å². The molecule has 0 saturated carbocycles. The van der Waals surface area contributed by atoms with Crippen molar-refractivity contribution in [2.45, 2.75) is 12.8 Å². The third-order valence-corrected chi connectivity index (χ3v) is 3.40. The minimum Gasteiger partial charge on any atom is -0.316 e. The van der Waals surface area contributed by atoms with Crippen LogP contribution >= 0.6 is 0 Å². The van der Waals surface area contributed by atoms with Gasteiger partial charge in [0, 0.05) is 32.7 Å². The summed E-state index contributed by atoms with van der Waals surface area (Å²) in [5, 5.41) is 6.80. The van der Waals surface area contributed by atoms with Gasteiger partial charge in [0.05, 0.1) is 0 Å². The molecule has 0 aromatic rings. The Morgan fingerprint density at radius 1 is 1.20 bits per heavy atom. The van der Waals surface area contributed by atoms with Crippen molar-refractivity contribution >= 4 is 0 Å². The monoisotopic (exact) mass is 209 g/mol. The highest BCUT2D eigenvalue weighted by atomic mass is 15.2. The molecule has 3 nitrogen and oxygen atoms in total. The molecule has 1 unspecified atom stereocenters. The quantitative estimate of drug-likeness (QED) is 0.658. The van der Waals surface area contributed by atoms with Crippen LogP contribution in [-0.2, 0) is 0 Å². The maximum absolute atomic E-state index is 4.22. The van der Waals surface area contributed by atoms with Crippen LogP contribution in [0.15, 0.2) is 12.2 Å². The molecule has 2 fully saturated rings. The van der Waals surface area contributed by atoms with E-state index in [-0.39, 0.29) is 0 Å². The number of hydrogen-bond donors (Lipinski definition) is 2. The zero-order valence-corrected chi connectivity index (χ0v) is 9.60. The molecule has 2 aliphatic rings. The lowest BCUT2D eigenvalue weighted by Gasteiger charge is -2.28. The molecule has 0 amide bonds. The van der Waals surface area contributed by atoms with Gasteiger partial charge in [-0.2, -0.15) is 0 Å². The van der Waals surface area contributed by atoms with E-state index in [2.05, 4.69) is 22.1 Å². The molecule has 2 heterocycles. The van der Waals surface area contributed by atoms with Gasteiger partial charge in [0.1, 0.15) is 0 Å². The summed E-state index contributed by atoms with van der Waals surface area (Å²) in [7, 11) is 0. The predicted octanol–water partition coefficient (Wildman–Crippen LogP) is 0.447. The number of piperazine rings is 1. The van der Waals surface area contributed by atoms with Crippen LogP contribution in [0.25, 0.3) is 0 Å². The van der Waals surface area contributed by atoms with Crippen molar-refractivity contribution in [2.75, 3.05) is 45.8 Å². The highest BCUT2D eigenvalue weighted by Gasteiger charge is 2.17.